The molecule has 0 aliphatic rings. The van der Waals surface area contributed by atoms with Gasteiger partial charge < -0.3 is 9.84 Å². The summed E-state index contributed by atoms with van der Waals surface area (Å²) in [5.74, 6) is -4.68. The Kier molecular flexibility index (Phi) is 3.48. The van der Waals surface area contributed by atoms with Crippen molar-refractivity contribution in [2.75, 3.05) is 5.75 Å². The molecule has 0 rings (SSSR count). The lowest BCUT2D eigenvalue weighted by Gasteiger charge is -1.93. The smallest absolute Gasteiger partial charge is 0.424 e. The number of carbonyl (C=O) groups is 3. The fourth-order valence-electron chi connectivity index (χ4n) is 0.179. The van der Waals surface area contributed by atoms with Crippen molar-refractivity contribution >= 4 is 30.5 Å². The number of rotatable bonds is 1. The van der Waals surface area contributed by atoms with Crippen molar-refractivity contribution in [3.8, 4) is 0 Å². The zero-order valence-corrected chi connectivity index (χ0v) is 5.63. The third-order valence-corrected chi connectivity index (χ3v) is 0.768. The van der Waals surface area contributed by atoms with Crippen molar-refractivity contribution in [1.29, 1.82) is 0 Å². The van der Waals surface area contributed by atoms with Gasteiger partial charge in [-0.25, -0.2) is 9.59 Å². The Morgan fingerprint density at radius 1 is 1.40 bits per heavy atom. The summed E-state index contributed by atoms with van der Waals surface area (Å²) in [4.78, 5) is 29.9. The Morgan fingerprint density at radius 3 is 2.20 bits per heavy atom. The van der Waals surface area contributed by atoms with Gasteiger partial charge in [-0.2, -0.15) is 12.6 Å². The number of hydrogen-bond donors (Lipinski definition) is 2. The number of carbonyl (C=O) groups excluding carboxylic acids is 2. The van der Waals surface area contributed by atoms with Crippen LogP contribution in [-0.2, 0) is 19.1 Å². The summed E-state index contributed by atoms with van der Waals surface area (Å²) < 4.78 is 3.71. The first kappa shape index (κ1) is 8.96. The normalized spacial score (nSPS) is 8.50. The molecule has 0 heterocycles. The maximum absolute atomic E-state index is 10.1. The largest absolute Gasteiger partial charge is 0.473 e. The Bertz CT molecular complexity index is 174. The summed E-state index contributed by atoms with van der Waals surface area (Å²) in [6.45, 7) is 0. The molecule has 0 spiro atoms. The van der Waals surface area contributed by atoms with E-state index in [4.69, 9.17) is 5.11 Å². The zero-order chi connectivity index (χ0) is 8.15. The summed E-state index contributed by atoms with van der Waals surface area (Å²) in [6.07, 6.45) is 0. The van der Waals surface area contributed by atoms with Crippen molar-refractivity contribution in [3.05, 3.63) is 0 Å². The molecule has 0 fully saturated rings. The number of ether oxygens (including phenoxy) is 1. The molecule has 0 aliphatic carbocycles. The van der Waals surface area contributed by atoms with Crippen LogP contribution in [0.2, 0.25) is 0 Å². The Balaban J connectivity index is 3.80. The van der Waals surface area contributed by atoms with Gasteiger partial charge in [0.1, 0.15) is 0 Å². The quantitative estimate of drug-likeness (QED) is 0.226. The SMILES string of the molecule is O=C(CS)OC(=O)C(=O)O. The summed E-state index contributed by atoms with van der Waals surface area (Å²) in [6, 6.07) is 0. The van der Waals surface area contributed by atoms with Crippen LogP contribution in [0.15, 0.2) is 0 Å². The first-order valence-electron chi connectivity index (χ1n) is 2.16. The lowest BCUT2D eigenvalue weighted by molar-refractivity contribution is -0.169. The van der Waals surface area contributed by atoms with Gasteiger partial charge in [0.15, 0.2) is 0 Å². The monoisotopic (exact) mass is 164 g/mol. The van der Waals surface area contributed by atoms with E-state index in [1.165, 1.54) is 0 Å². The van der Waals surface area contributed by atoms with Gasteiger partial charge in [-0.15, -0.1) is 0 Å². The van der Waals surface area contributed by atoms with E-state index >= 15 is 0 Å². The first-order chi connectivity index (χ1) is 4.57. The fourth-order valence-corrected chi connectivity index (χ4v) is 0.244. The van der Waals surface area contributed by atoms with E-state index in [-0.39, 0.29) is 5.75 Å². The summed E-state index contributed by atoms with van der Waals surface area (Å²) in [5, 5.41) is 7.87. The van der Waals surface area contributed by atoms with Gasteiger partial charge in [-0.3, -0.25) is 4.79 Å². The second-order valence-electron chi connectivity index (χ2n) is 1.22. The minimum Gasteiger partial charge on any atom is -0.473 e. The van der Waals surface area contributed by atoms with Crippen LogP contribution in [0.25, 0.3) is 0 Å². The fraction of sp³-hybridized carbons (Fsp3) is 0.250. The predicted octanol–water partition coefficient (Wildman–Crippen LogP) is -0.929. The molecule has 0 aromatic rings. The second-order valence-corrected chi connectivity index (χ2v) is 1.54. The minimum atomic E-state index is -1.80. The molecule has 0 aliphatic heterocycles. The summed E-state index contributed by atoms with van der Waals surface area (Å²) >= 11 is 3.44. The van der Waals surface area contributed by atoms with Crippen molar-refractivity contribution in [3.63, 3.8) is 0 Å². The van der Waals surface area contributed by atoms with Gasteiger partial charge in [-0.05, 0) is 0 Å². The third kappa shape index (κ3) is 3.08. The van der Waals surface area contributed by atoms with Crippen LogP contribution >= 0.6 is 12.6 Å². The highest BCUT2D eigenvalue weighted by atomic mass is 32.1. The molecule has 56 valence electrons. The van der Waals surface area contributed by atoms with Gasteiger partial charge in [0.25, 0.3) is 0 Å². The van der Waals surface area contributed by atoms with Gasteiger partial charge >= 0.3 is 17.9 Å². The average molecular weight is 164 g/mol. The van der Waals surface area contributed by atoms with E-state index in [9.17, 15) is 14.4 Å². The van der Waals surface area contributed by atoms with Gasteiger partial charge in [-0.1, -0.05) is 0 Å². The molecule has 0 bridgehead atoms. The van der Waals surface area contributed by atoms with Crippen molar-refractivity contribution in [2.24, 2.45) is 0 Å². The van der Waals surface area contributed by atoms with Crippen molar-refractivity contribution in [1.82, 2.24) is 0 Å². The van der Waals surface area contributed by atoms with E-state index in [0.29, 0.717) is 0 Å². The van der Waals surface area contributed by atoms with Gasteiger partial charge in [0.2, 0.25) is 0 Å². The molecule has 6 heteroatoms. The maximum Gasteiger partial charge on any atom is 0.424 e. The number of hydrogen-bond acceptors (Lipinski definition) is 5. The lowest BCUT2D eigenvalue weighted by Crippen LogP contribution is -2.21. The zero-order valence-electron chi connectivity index (χ0n) is 4.73. The summed E-state index contributed by atoms with van der Waals surface area (Å²) in [5.41, 5.74) is 0. The van der Waals surface area contributed by atoms with Gasteiger partial charge in [0, 0.05) is 0 Å². The first-order valence-corrected chi connectivity index (χ1v) is 2.80. The second kappa shape index (κ2) is 3.89. The van der Waals surface area contributed by atoms with Gasteiger partial charge in [0.05, 0.1) is 5.75 Å². The van der Waals surface area contributed by atoms with E-state index < -0.39 is 17.9 Å². The molecule has 10 heavy (non-hydrogen) atoms. The van der Waals surface area contributed by atoms with E-state index in [0.717, 1.165) is 0 Å². The number of carboxylic acid groups (broad SMARTS) is 1. The predicted molar refractivity (Wildman–Crippen MR) is 32.6 cm³/mol. The highest BCUT2D eigenvalue weighted by Crippen LogP contribution is 1.83. The molecule has 0 radical (unpaired) electrons. The van der Waals surface area contributed by atoms with E-state index in [1.807, 2.05) is 0 Å². The molecule has 0 aromatic carbocycles. The number of aliphatic carboxylic acids is 1. The Labute approximate surface area is 61.4 Å². The van der Waals surface area contributed by atoms with Crippen molar-refractivity contribution < 1.29 is 24.2 Å². The number of carboxylic acids is 1. The topological polar surface area (TPSA) is 80.7 Å². The van der Waals surface area contributed by atoms with Crippen molar-refractivity contribution in [2.45, 2.75) is 0 Å². The number of thiol groups is 1. The standard InChI is InChI=1S/C4H4O5S/c5-2(1-10)9-4(8)3(6)7/h10H,1H2,(H,6,7). The lowest BCUT2D eigenvalue weighted by atomic mass is 10.7. The Hall–Kier alpha value is -1.04. The molecule has 0 saturated heterocycles. The van der Waals surface area contributed by atoms with E-state index in [1.54, 1.807) is 0 Å². The number of esters is 2. The van der Waals surface area contributed by atoms with E-state index in [2.05, 4.69) is 17.4 Å². The molecule has 0 amide bonds. The molecule has 0 saturated carbocycles. The molecular weight excluding hydrogens is 160 g/mol. The highest BCUT2D eigenvalue weighted by Gasteiger charge is 2.16. The highest BCUT2D eigenvalue weighted by molar-refractivity contribution is 7.81. The molecule has 0 atom stereocenters. The minimum absolute atomic E-state index is 0.320. The van der Waals surface area contributed by atoms with Crippen LogP contribution in [0, 0.1) is 0 Å². The average Bonchev–Trinajstić information content (AvgIpc) is 1.87. The van der Waals surface area contributed by atoms with Crippen LogP contribution in [0.4, 0.5) is 0 Å². The van der Waals surface area contributed by atoms with Crippen LogP contribution in [0.3, 0.4) is 0 Å². The molecular formula is C4H4O5S. The van der Waals surface area contributed by atoms with Crippen LogP contribution in [0.5, 0.6) is 0 Å². The van der Waals surface area contributed by atoms with Crippen LogP contribution in [0.1, 0.15) is 0 Å². The molecule has 0 unspecified atom stereocenters. The Morgan fingerprint density at radius 2 is 1.90 bits per heavy atom. The molecule has 0 aromatic heterocycles. The maximum atomic E-state index is 10.1. The summed E-state index contributed by atoms with van der Waals surface area (Å²) in [7, 11) is 0. The van der Waals surface area contributed by atoms with Crippen LogP contribution in [-0.4, -0.2) is 28.8 Å². The molecule has 5 nitrogen and oxygen atoms in total. The molecule has 1 N–H and O–H groups in total. The van der Waals surface area contributed by atoms with Crippen LogP contribution < -0.4 is 0 Å². The third-order valence-electron chi connectivity index (χ3n) is 0.510.